The Morgan fingerprint density at radius 1 is 1.24 bits per heavy atom. The summed E-state index contributed by atoms with van der Waals surface area (Å²) in [6, 6.07) is 5.98. The van der Waals surface area contributed by atoms with E-state index in [1.54, 1.807) is 23.9 Å². The van der Waals surface area contributed by atoms with Crippen molar-refractivity contribution in [2.75, 3.05) is 18.9 Å². The van der Waals surface area contributed by atoms with Gasteiger partial charge in [-0.25, -0.2) is 4.39 Å². The minimum absolute atomic E-state index is 0.0781. The van der Waals surface area contributed by atoms with E-state index in [1.807, 2.05) is 0 Å². The maximum Gasteiger partial charge on any atom is 0.230 e. The molecule has 1 N–H and O–H groups in total. The number of carbonyl (C=O) groups excluding carboxylic acids is 1. The Morgan fingerprint density at radius 2 is 1.90 bits per heavy atom. The monoisotopic (exact) mass is 313 g/mol. The summed E-state index contributed by atoms with van der Waals surface area (Å²) >= 11 is 1.64. The summed E-state index contributed by atoms with van der Waals surface area (Å²) in [5.74, 6) is 0.977. The van der Waals surface area contributed by atoms with Crippen molar-refractivity contribution < 1.29 is 13.9 Å². The number of ether oxygens (including phenoxy) is 1. The van der Waals surface area contributed by atoms with Crippen molar-refractivity contribution in [1.82, 2.24) is 5.32 Å². The number of halogens is 1. The molecule has 1 rings (SSSR count). The molecule has 0 saturated carbocycles. The van der Waals surface area contributed by atoms with Gasteiger partial charge in [-0.2, -0.15) is 0 Å². The second-order valence-corrected chi connectivity index (χ2v) is 7.56. The van der Waals surface area contributed by atoms with Gasteiger partial charge < -0.3 is 10.1 Å². The van der Waals surface area contributed by atoms with Crippen LogP contribution in [0.1, 0.15) is 33.6 Å². The number of thioether (sulfide) groups is 1. The van der Waals surface area contributed by atoms with Gasteiger partial charge in [0.15, 0.2) is 0 Å². The van der Waals surface area contributed by atoms with Crippen LogP contribution in [0.5, 0.6) is 5.75 Å². The van der Waals surface area contributed by atoms with Crippen LogP contribution in [0.3, 0.4) is 0 Å². The predicted molar refractivity (Wildman–Crippen MR) is 86.3 cm³/mol. The molecule has 21 heavy (non-hydrogen) atoms. The number of amides is 1. The highest BCUT2D eigenvalue weighted by Crippen LogP contribution is 2.22. The van der Waals surface area contributed by atoms with Crippen molar-refractivity contribution in [2.24, 2.45) is 0 Å². The number of nitrogens with one attached hydrogen (secondary N) is 1. The molecule has 0 aliphatic carbocycles. The lowest BCUT2D eigenvalue weighted by atomic mass is 10.3. The fraction of sp³-hybridized carbons (Fsp3) is 0.562. The van der Waals surface area contributed by atoms with Gasteiger partial charge in [0.1, 0.15) is 11.6 Å². The average Bonchev–Trinajstić information content (AvgIpc) is 2.41. The van der Waals surface area contributed by atoms with Crippen LogP contribution in [-0.4, -0.2) is 29.6 Å². The Hall–Kier alpha value is -1.23. The van der Waals surface area contributed by atoms with Crippen molar-refractivity contribution in [3.63, 3.8) is 0 Å². The van der Waals surface area contributed by atoms with Gasteiger partial charge in [-0.15, -0.1) is 11.8 Å². The van der Waals surface area contributed by atoms with Crippen molar-refractivity contribution in [2.45, 2.75) is 38.4 Å². The molecular weight excluding hydrogens is 289 g/mol. The van der Waals surface area contributed by atoms with Gasteiger partial charge in [0.2, 0.25) is 5.91 Å². The highest BCUT2D eigenvalue weighted by molar-refractivity contribution is 8.01. The van der Waals surface area contributed by atoms with Gasteiger partial charge in [-0.05, 0) is 37.1 Å². The van der Waals surface area contributed by atoms with E-state index in [-0.39, 0.29) is 16.5 Å². The second kappa shape index (κ2) is 8.93. The minimum Gasteiger partial charge on any atom is -0.494 e. The summed E-state index contributed by atoms with van der Waals surface area (Å²) < 4.78 is 18.3. The molecule has 0 spiro atoms. The average molecular weight is 313 g/mol. The zero-order chi connectivity index (χ0) is 15.7. The summed E-state index contributed by atoms with van der Waals surface area (Å²) in [6.07, 6.45) is 1.72. The molecule has 1 aromatic rings. The first-order valence-electron chi connectivity index (χ1n) is 7.16. The summed E-state index contributed by atoms with van der Waals surface area (Å²) in [5.41, 5.74) is 0. The van der Waals surface area contributed by atoms with E-state index < -0.39 is 0 Å². The van der Waals surface area contributed by atoms with Gasteiger partial charge in [-0.1, -0.05) is 20.8 Å². The number of hydrogen-bond donors (Lipinski definition) is 1. The fourth-order valence-electron chi connectivity index (χ4n) is 1.51. The maximum absolute atomic E-state index is 12.7. The lowest BCUT2D eigenvalue weighted by Gasteiger charge is -2.16. The van der Waals surface area contributed by atoms with E-state index >= 15 is 0 Å². The fourth-order valence-corrected chi connectivity index (χ4v) is 2.17. The van der Waals surface area contributed by atoms with E-state index in [4.69, 9.17) is 4.74 Å². The normalized spacial score (nSPS) is 11.2. The predicted octanol–water partition coefficient (Wildman–Crippen LogP) is 3.63. The van der Waals surface area contributed by atoms with E-state index in [2.05, 4.69) is 26.1 Å². The lowest BCUT2D eigenvalue weighted by Crippen LogP contribution is -2.28. The third-order valence-electron chi connectivity index (χ3n) is 2.61. The molecule has 3 nitrogen and oxygen atoms in total. The van der Waals surface area contributed by atoms with E-state index in [9.17, 15) is 9.18 Å². The lowest BCUT2D eigenvalue weighted by molar-refractivity contribution is -0.118. The number of unbranched alkanes of at least 4 members (excludes halogenated alkanes) is 1. The molecule has 1 aromatic carbocycles. The molecule has 0 heterocycles. The summed E-state index contributed by atoms with van der Waals surface area (Å²) in [5, 5.41) is 2.90. The molecule has 0 aliphatic rings. The number of benzene rings is 1. The Balaban J connectivity index is 2.02. The Bertz CT molecular complexity index is 429. The third kappa shape index (κ3) is 9.34. The minimum atomic E-state index is -0.266. The van der Waals surface area contributed by atoms with Crippen LogP contribution < -0.4 is 10.1 Å². The molecule has 0 bridgehead atoms. The van der Waals surface area contributed by atoms with Crippen LogP contribution in [-0.2, 0) is 4.79 Å². The largest absolute Gasteiger partial charge is 0.494 e. The molecule has 0 atom stereocenters. The number of rotatable bonds is 8. The Morgan fingerprint density at radius 3 is 2.52 bits per heavy atom. The topological polar surface area (TPSA) is 38.3 Å². The SMILES string of the molecule is CC(C)(C)SCC(=O)NCCCCOc1ccc(F)cc1. The van der Waals surface area contributed by atoms with Crippen LogP contribution >= 0.6 is 11.8 Å². The van der Waals surface area contributed by atoms with Gasteiger partial charge in [0, 0.05) is 11.3 Å². The smallest absolute Gasteiger partial charge is 0.230 e. The highest BCUT2D eigenvalue weighted by atomic mass is 32.2. The molecule has 0 aliphatic heterocycles. The van der Waals surface area contributed by atoms with Crippen molar-refractivity contribution >= 4 is 17.7 Å². The first-order chi connectivity index (χ1) is 9.87. The van der Waals surface area contributed by atoms with Crippen LogP contribution in [0.15, 0.2) is 24.3 Å². The second-order valence-electron chi connectivity index (χ2n) is 5.76. The first-order valence-corrected chi connectivity index (χ1v) is 8.14. The summed E-state index contributed by atoms with van der Waals surface area (Å²) in [4.78, 5) is 11.6. The zero-order valence-corrected chi connectivity index (χ0v) is 13.8. The molecular formula is C16H24FNO2S. The Kier molecular flexibility index (Phi) is 7.57. The zero-order valence-electron chi connectivity index (χ0n) is 12.9. The molecule has 0 unspecified atom stereocenters. The standard InChI is InChI=1S/C16H24FNO2S/c1-16(2,3)21-12-15(19)18-10-4-5-11-20-14-8-6-13(17)7-9-14/h6-9H,4-5,10-12H2,1-3H3,(H,18,19). The molecule has 0 aromatic heterocycles. The summed E-state index contributed by atoms with van der Waals surface area (Å²) in [6.45, 7) is 7.52. The maximum atomic E-state index is 12.7. The van der Waals surface area contributed by atoms with Crippen LogP contribution in [0.25, 0.3) is 0 Å². The van der Waals surface area contributed by atoms with E-state index in [1.165, 1.54) is 12.1 Å². The van der Waals surface area contributed by atoms with Gasteiger partial charge in [0.25, 0.3) is 0 Å². The number of hydrogen-bond acceptors (Lipinski definition) is 3. The van der Waals surface area contributed by atoms with Gasteiger partial charge in [0.05, 0.1) is 12.4 Å². The Labute approximate surface area is 130 Å². The molecule has 1 amide bonds. The van der Waals surface area contributed by atoms with E-state index in [0.717, 1.165) is 12.8 Å². The molecule has 5 heteroatoms. The van der Waals surface area contributed by atoms with Crippen molar-refractivity contribution in [3.05, 3.63) is 30.1 Å². The van der Waals surface area contributed by atoms with Gasteiger partial charge in [-0.3, -0.25) is 4.79 Å². The third-order valence-corrected chi connectivity index (χ3v) is 3.88. The van der Waals surface area contributed by atoms with E-state index in [0.29, 0.717) is 24.7 Å². The molecule has 118 valence electrons. The first kappa shape index (κ1) is 17.8. The molecule has 0 radical (unpaired) electrons. The van der Waals surface area contributed by atoms with Crippen molar-refractivity contribution in [1.29, 1.82) is 0 Å². The quantitative estimate of drug-likeness (QED) is 0.745. The highest BCUT2D eigenvalue weighted by Gasteiger charge is 2.12. The molecule has 0 fully saturated rings. The van der Waals surface area contributed by atoms with Crippen LogP contribution in [0.2, 0.25) is 0 Å². The molecule has 0 saturated heterocycles. The summed E-state index contributed by atoms with van der Waals surface area (Å²) in [7, 11) is 0. The van der Waals surface area contributed by atoms with Gasteiger partial charge >= 0.3 is 0 Å². The van der Waals surface area contributed by atoms with Crippen LogP contribution in [0.4, 0.5) is 4.39 Å². The van der Waals surface area contributed by atoms with Crippen LogP contribution in [0, 0.1) is 5.82 Å². The van der Waals surface area contributed by atoms with Crippen molar-refractivity contribution in [3.8, 4) is 5.75 Å². The number of carbonyl (C=O) groups is 1.